The van der Waals surface area contributed by atoms with Crippen LogP contribution in [0, 0.1) is 0 Å². The Kier molecular flexibility index (Phi) is 4.14. The summed E-state index contributed by atoms with van der Waals surface area (Å²) in [4.78, 5) is 0. The van der Waals surface area contributed by atoms with E-state index < -0.39 is 10.8 Å². The minimum absolute atomic E-state index is 0.0934. The minimum Gasteiger partial charge on any atom is -0.307 e. The van der Waals surface area contributed by atoms with Crippen LogP contribution in [0.15, 0.2) is 35.5 Å². The van der Waals surface area contributed by atoms with E-state index in [-0.39, 0.29) is 11.2 Å². The molecule has 0 amide bonds. The average Bonchev–Trinajstić information content (AvgIpc) is 2.80. The lowest BCUT2D eigenvalue weighted by molar-refractivity contribution is 0.642. The van der Waals surface area contributed by atoms with Gasteiger partial charge in [-0.2, -0.15) is 0 Å². The highest BCUT2D eigenvalue weighted by atomic mass is 32.2. The Bertz CT molecular complexity index is 578. The first-order valence-electron chi connectivity index (χ1n) is 6.37. The van der Waals surface area contributed by atoms with Crippen molar-refractivity contribution in [3.63, 3.8) is 0 Å². The first-order chi connectivity index (χ1) is 9.02. The van der Waals surface area contributed by atoms with E-state index in [4.69, 9.17) is 0 Å². The van der Waals surface area contributed by atoms with E-state index >= 15 is 0 Å². The van der Waals surface area contributed by atoms with Gasteiger partial charge in [0.15, 0.2) is 0 Å². The number of hydrogen-bond acceptors (Lipinski definition) is 3. The molecule has 2 atom stereocenters. The normalized spacial score (nSPS) is 14.6. The Morgan fingerprint density at radius 3 is 2.26 bits per heavy atom. The van der Waals surface area contributed by atoms with Crippen LogP contribution >= 0.6 is 0 Å². The minimum atomic E-state index is -1.20. The Hall–Kier alpha value is -1.49. The van der Waals surface area contributed by atoms with Crippen LogP contribution in [0.3, 0.4) is 0 Å². The molecule has 2 rings (SSSR count). The van der Waals surface area contributed by atoms with Crippen molar-refractivity contribution in [2.75, 3.05) is 0 Å². The monoisotopic (exact) mass is 277 g/mol. The summed E-state index contributed by atoms with van der Waals surface area (Å²) >= 11 is 0. The zero-order chi connectivity index (χ0) is 14.0. The molecule has 0 aliphatic rings. The number of benzene rings is 1. The van der Waals surface area contributed by atoms with E-state index in [0.29, 0.717) is 5.16 Å². The molecule has 19 heavy (non-hydrogen) atoms. The van der Waals surface area contributed by atoms with Gasteiger partial charge in [0.2, 0.25) is 5.16 Å². The molecule has 0 N–H and O–H groups in total. The molecule has 0 fully saturated rings. The first kappa shape index (κ1) is 13.9. The molecule has 1 heterocycles. The average molecular weight is 277 g/mol. The smallest absolute Gasteiger partial charge is 0.221 e. The summed E-state index contributed by atoms with van der Waals surface area (Å²) in [5.74, 6) is 1.14. The molecule has 0 radical (unpaired) electrons. The number of nitrogens with zero attached hydrogens (tertiary/aromatic N) is 3. The molecule has 0 unspecified atom stereocenters. The fraction of sp³-hybridized carbons (Fsp3) is 0.429. The van der Waals surface area contributed by atoms with Gasteiger partial charge < -0.3 is 4.57 Å². The van der Waals surface area contributed by atoms with Gasteiger partial charge in [0.25, 0.3) is 0 Å². The summed E-state index contributed by atoms with van der Waals surface area (Å²) in [5.41, 5.74) is 1.05. The second-order valence-corrected chi connectivity index (χ2v) is 6.57. The summed E-state index contributed by atoms with van der Waals surface area (Å²) in [6, 6.07) is 9.85. The van der Waals surface area contributed by atoms with Gasteiger partial charge in [-0.3, -0.25) is 4.21 Å². The molecule has 0 aliphatic carbocycles. The van der Waals surface area contributed by atoms with Crippen LogP contribution in [-0.2, 0) is 17.8 Å². The van der Waals surface area contributed by atoms with Gasteiger partial charge in [-0.25, -0.2) is 0 Å². The lowest BCUT2D eigenvalue weighted by atomic mass is 10.2. The van der Waals surface area contributed by atoms with Crippen molar-refractivity contribution < 1.29 is 4.21 Å². The van der Waals surface area contributed by atoms with Crippen LogP contribution in [0.4, 0.5) is 0 Å². The van der Waals surface area contributed by atoms with Crippen molar-refractivity contribution in [3.8, 4) is 0 Å². The molecular formula is C14H19N3OS. The molecule has 0 bridgehead atoms. The van der Waals surface area contributed by atoms with E-state index in [1.807, 2.05) is 48.9 Å². The third-order valence-corrected chi connectivity index (χ3v) is 4.78. The first-order valence-corrected chi connectivity index (χ1v) is 7.58. The summed E-state index contributed by atoms with van der Waals surface area (Å²) < 4.78 is 14.4. The van der Waals surface area contributed by atoms with Crippen molar-refractivity contribution in [3.05, 3.63) is 41.7 Å². The van der Waals surface area contributed by atoms with Crippen molar-refractivity contribution in [2.45, 2.75) is 37.1 Å². The number of rotatable bonds is 4. The highest BCUT2D eigenvalue weighted by Gasteiger charge is 2.22. The topological polar surface area (TPSA) is 47.8 Å². The Labute approximate surface area is 116 Å². The molecule has 0 saturated carbocycles. The van der Waals surface area contributed by atoms with Gasteiger partial charge in [-0.15, -0.1) is 10.2 Å². The molecule has 1 aromatic carbocycles. The number of hydrogen-bond donors (Lipinski definition) is 0. The molecule has 2 aromatic rings. The maximum absolute atomic E-state index is 12.6. The lowest BCUT2D eigenvalue weighted by Crippen LogP contribution is -2.10. The Morgan fingerprint density at radius 2 is 1.74 bits per heavy atom. The van der Waals surface area contributed by atoms with E-state index in [1.165, 1.54) is 0 Å². The highest BCUT2D eigenvalue weighted by Crippen LogP contribution is 2.24. The van der Waals surface area contributed by atoms with Gasteiger partial charge >= 0.3 is 0 Å². The molecular weight excluding hydrogens is 258 g/mol. The van der Waals surface area contributed by atoms with Crippen molar-refractivity contribution in [1.29, 1.82) is 0 Å². The van der Waals surface area contributed by atoms with Crippen molar-refractivity contribution in [2.24, 2.45) is 7.05 Å². The molecule has 4 nitrogen and oxygen atoms in total. The SMILES string of the molecule is CC(C)c1nnc([S@](=O)[C@@H](C)c2ccccc2)n1C. The Morgan fingerprint density at radius 1 is 1.11 bits per heavy atom. The summed E-state index contributed by atoms with van der Waals surface area (Å²) in [7, 11) is 0.678. The van der Waals surface area contributed by atoms with Crippen LogP contribution in [0.2, 0.25) is 0 Å². The van der Waals surface area contributed by atoms with E-state index in [1.54, 1.807) is 0 Å². The van der Waals surface area contributed by atoms with Crippen LogP contribution in [0.25, 0.3) is 0 Å². The standard InChI is InChI=1S/C14H19N3OS/c1-10(2)13-15-16-14(17(13)4)19(18)11(3)12-8-6-5-7-9-12/h5-11H,1-4H3/t11-,19+/m0/s1. The maximum Gasteiger partial charge on any atom is 0.221 e. The molecule has 0 aliphatic heterocycles. The van der Waals surface area contributed by atoms with Crippen LogP contribution in [0.5, 0.6) is 0 Å². The zero-order valence-electron chi connectivity index (χ0n) is 11.7. The Balaban J connectivity index is 2.30. The van der Waals surface area contributed by atoms with Crippen molar-refractivity contribution in [1.82, 2.24) is 14.8 Å². The molecule has 0 saturated heterocycles. The summed E-state index contributed by atoms with van der Waals surface area (Å²) in [6.45, 7) is 6.06. The van der Waals surface area contributed by atoms with E-state index in [0.717, 1.165) is 11.4 Å². The van der Waals surface area contributed by atoms with Crippen molar-refractivity contribution >= 4 is 10.8 Å². The molecule has 0 spiro atoms. The molecule has 102 valence electrons. The van der Waals surface area contributed by atoms with Crippen LogP contribution in [-0.4, -0.2) is 19.0 Å². The predicted octanol–water partition coefficient (Wildman–Crippen LogP) is 2.81. The van der Waals surface area contributed by atoms with Gasteiger partial charge in [0.05, 0.1) is 16.0 Å². The summed E-state index contributed by atoms with van der Waals surface area (Å²) in [5, 5.41) is 8.68. The van der Waals surface area contributed by atoms with Crippen LogP contribution in [0.1, 0.15) is 43.3 Å². The van der Waals surface area contributed by atoms with E-state index in [2.05, 4.69) is 24.0 Å². The molecule has 5 heteroatoms. The third-order valence-electron chi connectivity index (χ3n) is 3.16. The van der Waals surface area contributed by atoms with E-state index in [9.17, 15) is 4.21 Å². The fourth-order valence-electron chi connectivity index (χ4n) is 2.01. The number of aromatic nitrogens is 3. The van der Waals surface area contributed by atoms with Gasteiger partial charge in [0, 0.05) is 13.0 Å². The maximum atomic E-state index is 12.6. The van der Waals surface area contributed by atoms with Gasteiger partial charge in [-0.1, -0.05) is 44.2 Å². The summed E-state index contributed by atoms with van der Waals surface area (Å²) in [6.07, 6.45) is 0. The highest BCUT2D eigenvalue weighted by molar-refractivity contribution is 7.85. The predicted molar refractivity (Wildman–Crippen MR) is 76.4 cm³/mol. The van der Waals surface area contributed by atoms with Crippen LogP contribution < -0.4 is 0 Å². The fourth-order valence-corrected chi connectivity index (χ4v) is 3.22. The second kappa shape index (κ2) is 5.65. The zero-order valence-corrected chi connectivity index (χ0v) is 12.5. The van der Waals surface area contributed by atoms with Gasteiger partial charge in [0.1, 0.15) is 5.82 Å². The largest absolute Gasteiger partial charge is 0.307 e. The lowest BCUT2D eigenvalue weighted by Gasteiger charge is -2.11. The molecule has 1 aromatic heterocycles. The third kappa shape index (κ3) is 2.76. The van der Waals surface area contributed by atoms with Gasteiger partial charge in [-0.05, 0) is 12.5 Å². The second-order valence-electron chi connectivity index (χ2n) is 4.90. The quantitative estimate of drug-likeness (QED) is 0.863.